The van der Waals surface area contributed by atoms with Crippen LogP contribution in [0.5, 0.6) is 0 Å². The molecule has 26 heavy (non-hydrogen) atoms. The number of rotatable bonds is 10. The number of halogens is 2. The Hall–Kier alpha value is -0.727. The average molecular weight is 469 g/mol. The van der Waals surface area contributed by atoms with E-state index in [2.05, 4.69) is 6.92 Å². The third-order valence-electron chi connectivity index (χ3n) is 3.81. The van der Waals surface area contributed by atoms with Gasteiger partial charge in [-0.3, -0.25) is 0 Å². The van der Waals surface area contributed by atoms with E-state index < -0.39 is 33.0 Å². The molecule has 0 unspecified atom stereocenters. The summed E-state index contributed by atoms with van der Waals surface area (Å²) in [6.45, 7) is 2.19. The fourth-order valence-corrected chi connectivity index (χ4v) is 5.61. The molecule has 0 saturated heterocycles. The summed E-state index contributed by atoms with van der Waals surface area (Å²) in [5.41, 5.74) is 0. The average Bonchev–Trinajstić information content (AvgIpc) is 2.64. The molecule has 0 radical (unpaired) electrons. The van der Waals surface area contributed by atoms with Crippen molar-refractivity contribution in [3.8, 4) is 0 Å². The Morgan fingerprint density at radius 1 is 0.885 bits per heavy atom. The Labute approximate surface area is 168 Å². The molecule has 0 bridgehead atoms. The topological polar surface area (TPSA) is 34.1 Å². The number of hydrogen-bond acceptors (Lipinski definition) is 2. The van der Waals surface area contributed by atoms with E-state index in [1.807, 2.05) is 0 Å². The quantitative estimate of drug-likeness (QED) is 0.471. The summed E-state index contributed by atoms with van der Waals surface area (Å²) in [6, 6.07) is 10.8. The van der Waals surface area contributed by atoms with Gasteiger partial charge in [0.05, 0.1) is 0 Å². The van der Waals surface area contributed by atoms with Gasteiger partial charge in [0.2, 0.25) is 0 Å². The zero-order valence-corrected chi connectivity index (χ0v) is 17.6. The first-order chi connectivity index (χ1) is 12.5. The van der Waals surface area contributed by atoms with Crippen molar-refractivity contribution >= 4 is 25.1 Å². The Morgan fingerprint density at radius 3 is 2.15 bits per heavy atom. The van der Waals surface area contributed by atoms with Crippen LogP contribution in [0.15, 0.2) is 42.5 Å². The predicted octanol–water partition coefficient (Wildman–Crippen LogP) is 4.76. The third kappa shape index (κ3) is 6.46. The van der Waals surface area contributed by atoms with Gasteiger partial charge in [0.25, 0.3) is 0 Å². The van der Waals surface area contributed by atoms with Crippen LogP contribution in [0.2, 0.25) is 10.4 Å². The van der Waals surface area contributed by atoms with Crippen LogP contribution in [0.3, 0.4) is 0 Å². The first-order valence-electron chi connectivity index (χ1n) is 8.65. The van der Waals surface area contributed by atoms with E-state index in [9.17, 15) is 12.1 Å². The second-order valence-electron chi connectivity index (χ2n) is 5.86. The van der Waals surface area contributed by atoms with Crippen molar-refractivity contribution in [2.75, 3.05) is 0 Å². The molecule has 2 aromatic rings. The number of benzene rings is 2. The van der Waals surface area contributed by atoms with E-state index in [0.29, 0.717) is 14.4 Å². The van der Waals surface area contributed by atoms with Crippen LogP contribution < -0.4 is 13.5 Å². The van der Waals surface area contributed by atoms with E-state index in [-0.39, 0.29) is 5.02 Å². The van der Waals surface area contributed by atoms with E-state index in [1.165, 1.54) is 37.8 Å². The minimum atomic E-state index is -1.87. The van der Waals surface area contributed by atoms with Gasteiger partial charge in [0.15, 0.2) is 0 Å². The molecule has 0 aliphatic carbocycles. The van der Waals surface area contributed by atoms with Crippen molar-refractivity contribution in [3.05, 3.63) is 53.3 Å². The zero-order valence-electron chi connectivity index (χ0n) is 14.7. The molecule has 2 rings (SSSR count). The van der Waals surface area contributed by atoms with Gasteiger partial charge in [0, 0.05) is 0 Å². The van der Waals surface area contributed by atoms with Crippen LogP contribution in [0.4, 0.5) is 4.39 Å². The molecular formula is C20H24ClCo2FO2. The molecule has 148 valence electrons. The van der Waals surface area contributed by atoms with Gasteiger partial charge < -0.3 is 0 Å². The Balaban J connectivity index is 1.93. The van der Waals surface area contributed by atoms with E-state index >= 15 is 0 Å². The fraction of sp³-hybridized carbons (Fsp3) is 0.400. The first kappa shape index (κ1) is 21.6. The SMILES string of the molecule is CCCCCCC[CH2][Co](=[O])[c]1cc[c]([Co](=[O])[c]2ccc(F)cc2Cl)cc1. The van der Waals surface area contributed by atoms with E-state index in [4.69, 9.17) is 11.6 Å². The summed E-state index contributed by atoms with van der Waals surface area (Å²) in [5, 5.41) is 0.844. The second kappa shape index (κ2) is 11.2. The van der Waals surface area contributed by atoms with Crippen molar-refractivity contribution in [1.82, 2.24) is 0 Å². The van der Waals surface area contributed by atoms with Gasteiger partial charge in [-0.15, -0.1) is 0 Å². The second-order valence-corrected chi connectivity index (χ2v) is 10.1. The third-order valence-corrected chi connectivity index (χ3v) is 7.97. The molecule has 0 aromatic heterocycles. The zero-order chi connectivity index (χ0) is 18.9. The summed E-state index contributed by atoms with van der Waals surface area (Å²) in [5.74, 6) is -0.455. The van der Waals surface area contributed by atoms with Crippen molar-refractivity contribution in [3.63, 3.8) is 0 Å². The molecule has 2 aromatic carbocycles. The molecule has 2 nitrogen and oxygen atoms in total. The maximum absolute atomic E-state index is 13.1. The minimum absolute atomic E-state index is 0.156. The van der Waals surface area contributed by atoms with Crippen LogP contribution in [0.25, 0.3) is 0 Å². The summed E-state index contributed by atoms with van der Waals surface area (Å²) in [6.07, 6.45) is 7.04. The van der Waals surface area contributed by atoms with Crippen LogP contribution >= 0.6 is 11.6 Å². The van der Waals surface area contributed by atoms with Crippen molar-refractivity contribution in [1.29, 1.82) is 0 Å². The molecule has 0 atom stereocenters. The van der Waals surface area contributed by atoms with Crippen LogP contribution in [-0.2, 0) is 34.9 Å². The summed E-state index contributed by atoms with van der Waals surface area (Å²) in [7, 11) is 0. The molecule has 0 aliphatic rings. The molecule has 0 saturated carbocycles. The molecule has 6 heteroatoms. The van der Waals surface area contributed by atoms with E-state index in [0.717, 1.165) is 23.4 Å². The van der Waals surface area contributed by atoms with Crippen LogP contribution in [0.1, 0.15) is 45.4 Å². The van der Waals surface area contributed by atoms with Gasteiger partial charge >= 0.3 is 168 Å². The molecule has 0 fully saturated rings. The van der Waals surface area contributed by atoms with Gasteiger partial charge in [-0.2, -0.15) is 0 Å². The normalized spacial score (nSPS) is 12.1. The van der Waals surface area contributed by atoms with Crippen molar-refractivity contribution in [2.45, 2.75) is 50.8 Å². The molecule has 0 spiro atoms. The molecule has 0 N–H and O–H groups in total. The number of hydrogen-bond donors (Lipinski definition) is 0. The van der Waals surface area contributed by atoms with Crippen molar-refractivity contribution < 1.29 is 39.3 Å². The maximum atomic E-state index is 13.1. The summed E-state index contributed by atoms with van der Waals surface area (Å²) in [4.78, 5) is 0. The number of unbranched alkanes of at least 4 members (excludes halogenated alkanes) is 5. The first-order valence-corrected chi connectivity index (χ1v) is 12.2. The monoisotopic (exact) mass is 468 g/mol. The Kier molecular flexibility index (Phi) is 9.29. The Bertz CT molecular complexity index is 763. The van der Waals surface area contributed by atoms with Crippen LogP contribution in [-0.4, -0.2) is 0 Å². The molecule has 0 aliphatic heterocycles. The molecule has 0 amide bonds. The summed E-state index contributed by atoms with van der Waals surface area (Å²) < 4.78 is 39.9. The van der Waals surface area contributed by atoms with Crippen LogP contribution in [0, 0.1) is 5.82 Å². The Morgan fingerprint density at radius 2 is 1.50 bits per heavy atom. The summed E-state index contributed by atoms with van der Waals surface area (Å²) >= 11 is 2.72. The predicted molar refractivity (Wildman–Crippen MR) is 96.3 cm³/mol. The van der Waals surface area contributed by atoms with E-state index in [1.54, 1.807) is 24.3 Å². The van der Waals surface area contributed by atoms with Gasteiger partial charge in [-0.05, 0) is 0 Å². The fourth-order valence-electron chi connectivity index (χ4n) is 2.40. The van der Waals surface area contributed by atoms with Gasteiger partial charge in [-0.1, -0.05) is 0 Å². The molecular weight excluding hydrogens is 445 g/mol. The van der Waals surface area contributed by atoms with Gasteiger partial charge in [-0.25, -0.2) is 0 Å². The molecule has 0 heterocycles. The van der Waals surface area contributed by atoms with Gasteiger partial charge in [0.1, 0.15) is 0 Å². The van der Waals surface area contributed by atoms with Crippen molar-refractivity contribution in [2.24, 2.45) is 0 Å². The standard InChI is InChI=1S/C8H17.C6H3ClF.C6H4.2Co.2O/c1-3-5-7-8-6-4-2;7-5-2-1-3-6(8)4-5;1-2-4-6-5-3-1;;;;/h1,3-8H2,2H3;1,3-4H;1-2,5-6H;;;;.